The van der Waals surface area contributed by atoms with Crippen molar-refractivity contribution < 1.29 is 13.9 Å². The SMILES string of the molecule is CCOc1cc(CNCc2nnc(C)o2)ccc1OC(C)CC. The molecule has 0 aliphatic carbocycles. The molecule has 6 heteroatoms. The fourth-order valence-electron chi connectivity index (χ4n) is 2.05. The molecule has 2 rings (SSSR count). The van der Waals surface area contributed by atoms with Crippen molar-refractivity contribution in [2.24, 2.45) is 0 Å². The second-order valence-corrected chi connectivity index (χ2v) is 5.37. The van der Waals surface area contributed by atoms with Gasteiger partial charge in [-0.2, -0.15) is 0 Å². The second kappa shape index (κ2) is 8.53. The van der Waals surface area contributed by atoms with Crippen molar-refractivity contribution in [3.05, 3.63) is 35.5 Å². The molecule has 126 valence electrons. The van der Waals surface area contributed by atoms with Crippen LogP contribution in [0.2, 0.25) is 0 Å². The van der Waals surface area contributed by atoms with E-state index in [1.165, 1.54) is 0 Å². The van der Waals surface area contributed by atoms with Crippen molar-refractivity contribution in [2.75, 3.05) is 6.61 Å². The molecule has 1 aromatic carbocycles. The smallest absolute Gasteiger partial charge is 0.230 e. The van der Waals surface area contributed by atoms with Crippen LogP contribution in [0.15, 0.2) is 22.6 Å². The van der Waals surface area contributed by atoms with E-state index in [9.17, 15) is 0 Å². The molecule has 0 amide bonds. The summed E-state index contributed by atoms with van der Waals surface area (Å²) in [6.07, 6.45) is 1.12. The molecule has 2 aromatic rings. The van der Waals surface area contributed by atoms with Crippen LogP contribution in [0.25, 0.3) is 0 Å². The van der Waals surface area contributed by atoms with E-state index < -0.39 is 0 Å². The first kappa shape index (κ1) is 17.3. The maximum Gasteiger partial charge on any atom is 0.230 e. The van der Waals surface area contributed by atoms with Gasteiger partial charge in [-0.05, 0) is 38.0 Å². The number of rotatable bonds is 9. The molecule has 0 bridgehead atoms. The van der Waals surface area contributed by atoms with Crippen LogP contribution in [0.5, 0.6) is 11.5 Å². The summed E-state index contributed by atoms with van der Waals surface area (Å²) in [5, 5.41) is 11.0. The molecule has 0 fully saturated rings. The Bertz CT molecular complexity index is 613. The van der Waals surface area contributed by atoms with Gasteiger partial charge in [-0.1, -0.05) is 13.0 Å². The van der Waals surface area contributed by atoms with E-state index in [1.807, 2.05) is 25.1 Å². The number of aryl methyl sites for hydroxylation is 1. The highest BCUT2D eigenvalue weighted by atomic mass is 16.5. The van der Waals surface area contributed by atoms with Crippen molar-refractivity contribution in [1.82, 2.24) is 15.5 Å². The van der Waals surface area contributed by atoms with E-state index in [1.54, 1.807) is 6.92 Å². The van der Waals surface area contributed by atoms with Crippen LogP contribution in [0.3, 0.4) is 0 Å². The lowest BCUT2D eigenvalue weighted by molar-refractivity contribution is 0.203. The third-order valence-electron chi connectivity index (χ3n) is 3.38. The highest BCUT2D eigenvalue weighted by Crippen LogP contribution is 2.29. The van der Waals surface area contributed by atoms with E-state index >= 15 is 0 Å². The second-order valence-electron chi connectivity index (χ2n) is 5.37. The minimum atomic E-state index is 0.166. The summed E-state index contributed by atoms with van der Waals surface area (Å²) in [4.78, 5) is 0. The molecule has 0 saturated carbocycles. The van der Waals surface area contributed by atoms with Crippen LogP contribution in [-0.2, 0) is 13.1 Å². The molecular formula is C17H25N3O3. The van der Waals surface area contributed by atoms with Gasteiger partial charge in [0.25, 0.3) is 0 Å². The number of benzene rings is 1. The van der Waals surface area contributed by atoms with Gasteiger partial charge in [0.2, 0.25) is 11.8 Å². The van der Waals surface area contributed by atoms with Gasteiger partial charge in [0.05, 0.1) is 19.3 Å². The van der Waals surface area contributed by atoms with E-state index in [2.05, 4.69) is 29.4 Å². The van der Waals surface area contributed by atoms with Gasteiger partial charge in [0.1, 0.15) is 0 Å². The predicted molar refractivity (Wildman–Crippen MR) is 87.6 cm³/mol. The molecule has 6 nitrogen and oxygen atoms in total. The van der Waals surface area contributed by atoms with Crippen molar-refractivity contribution in [3.8, 4) is 11.5 Å². The predicted octanol–water partition coefficient (Wildman–Crippen LogP) is 3.24. The van der Waals surface area contributed by atoms with Gasteiger partial charge >= 0.3 is 0 Å². The fraction of sp³-hybridized carbons (Fsp3) is 0.529. The van der Waals surface area contributed by atoms with Gasteiger partial charge in [-0.3, -0.25) is 0 Å². The molecule has 0 aliphatic rings. The highest BCUT2D eigenvalue weighted by Gasteiger charge is 2.10. The van der Waals surface area contributed by atoms with E-state index in [-0.39, 0.29) is 6.10 Å². The zero-order chi connectivity index (χ0) is 16.7. The molecule has 0 radical (unpaired) electrons. The van der Waals surface area contributed by atoms with Crippen LogP contribution < -0.4 is 14.8 Å². The lowest BCUT2D eigenvalue weighted by Gasteiger charge is -2.17. The normalized spacial score (nSPS) is 12.2. The van der Waals surface area contributed by atoms with Crippen LogP contribution in [0.1, 0.15) is 44.5 Å². The lowest BCUT2D eigenvalue weighted by atomic mass is 10.2. The molecule has 1 N–H and O–H groups in total. The van der Waals surface area contributed by atoms with Crippen molar-refractivity contribution >= 4 is 0 Å². The monoisotopic (exact) mass is 319 g/mol. The van der Waals surface area contributed by atoms with E-state index in [0.29, 0.717) is 31.5 Å². The molecule has 23 heavy (non-hydrogen) atoms. The first-order valence-electron chi connectivity index (χ1n) is 8.04. The fourth-order valence-corrected chi connectivity index (χ4v) is 2.05. The summed E-state index contributed by atoms with van der Waals surface area (Å²) in [7, 11) is 0. The Morgan fingerprint density at radius 1 is 1.17 bits per heavy atom. The molecule has 0 saturated heterocycles. The standard InChI is InChI=1S/C17H25N3O3/c1-5-12(3)22-15-8-7-14(9-16(15)21-6-2)10-18-11-17-20-19-13(4)23-17/h7-9,12,18H,5-6,10-11H2,1-4H3. The van der Waals surface area contributed by atoms with E-state index in [0.717, 1.165) is 23.5 Å². The number of nitrogens with one attached hydrogen (secondary N) is 1. The maximum atomic E-state index is 5.90. The van der Waals surface area contributed by atoms with Gasteiger partial charge in [-0.25, -0.2) is 0 Å². The van der Waals surface area contributed by atoms with Crippen LogP contribution in [-0.4, -0.2) is 22.9 Å². The molecule has 1 atom stereocenters. The average molecular weight is 319 g/mol. The summed E-state index contributed by atoms with van der Waals surface area (Å²) >= 11 is 0. The zero-order valence-electron chi connectivity index (χ0n) is 14.3. The zero-order valence-corrected chi connectivity index (χ0v) is 14.3. The number of hydrogen-bond donors (Lipinski definition) is 1. The maximum absolute atomic E-state index is 5.90. The Kier molecular flexibility index (Phi) is 6.40. The highest BCUT2D eigenvalue weighted by molar-refractivity contribution is 5.43. The lowest BCUT2D eigenvalue weighted by Crippen LogP contribution is -2.14. The van der Waals surface area contributed by atoms with Crippen molar-refractivity contribution in [1.29, 1.82) is 0 Å². The minimum Gasteiger partial charge on any atom is -0.490 e. The van der Waals surface area contributed by atoms with Gasteiger partial charge in [-0.15, -0.1) is 10.2 Å². The first-order chi connectivity index (χ1) is 11.1. The van der Waals surface area contributed by atoms with Gasteiger partial charge < -0.3 is 19.2 Å². The molecule has 0 spiro atoms. The molecule has 1 heterocycles. The third-order valence-corrected chi connectivity index (χ3v) is 3.38. The summed E-state index contributed by atoms with van der Waals surface area (Å²) in [6.45, 7) is 9.73. The Balaban J connectivity index is 1.97. The van der Waals surface area contributed by atoms with Gasteiger partial charge in [0.15, 0.2) is 11.5 Å². The molecule has 0 aliphatic heterocycles. The Hall–Kier alpha value is -2.08. The summed E-state index contributed by atoms with van der Waals surface area (Å²) in [5.41, 5.74) is 1.11. The van der Waals surface area contributed by atoms with Crippen LogP contribution in [0.4, 0.5) is 0 Å². The number of hydrogen-bond acceptors (Lipinski definition) is 6. The molecule has 1 aromatic heterocycles. The van der Waals surface area contributed by atoms with Gasteiger partial charge in [0, 0.05) is 13.5 Å². The summed E-state index contributed by atoms with van der Waals surface area (Å²) < 4.78 is 16.9. The Morgan fingerprint density at radius 3 is 2.65 bits per heavy atom. The average Bonchev–Trinajstić information content (AvgIpc) is 2.95. The van der Waals surface area contributed by atoms with E-state index in [4.69, 9.17) is 13.9 Å². The summed E-state index contributed by atoms with van der Waals surface area (Å²) in [6, 6.07) is 6.00. The van der Waals surface area contributed by atoms with Crippen LogP contribution >= 0.6 is 0 Å². The largest absolute Gasteiger partial charge is 0.490 e. The van der Waals surface area contributed by atoms with Crippen molar-refractivity contribution in [2.45, 2.75) is 53.3 Å². The number of nitrogens with zero attached hydrogens (tertiary/aromatic N) is 2. The quantitative estimate of drug-likeness (QED) is 0.765. The van der Waals surface area contributed by atoms with Crippen molar-refractivity contribution in [3.63, 3.8) is 0 Å². The molecular weight excluding hydrogens is 294 g/mol. The number of aromatic nitrogens is 2. The Labute approximate surface area is 137 Å². The topological polar surface area (TPSA) is 69.4 Å². The summed E-state index contributed by atoms with van der Waals surface area (Å²) in [5.74, 6) is 2.73. The molecule has 1 unspecified atom stereocenters. The number of ether oxygens (including phenoxy) is 2. The minimum absolute atomic E-state index is 0.166. The third kappa shape index (κ3) is 5.25. The Morgan fingerprint density at radius 2 is 2.00 bits per heavy atom. The first-order valence-corrected chi connectivity index (χ1v) is 8.04. The van der Waals surface area contributed by atoms with Crippen LogP contribution in [0, 0.1) is 6.92 Å².